The lowest BCUT2D eigenvalue weighted by molar-refractivity contribution is 0.0693. The number of nitrogens with zero attached hydrogens (tertiary/aromatic N) is 1. The van der Waals surface area contributed by atoms with Gasteiger partial charge in [-0.05, 0) is 49.9 Å². The van der Waals surface area contributed by atoms with E-state index in [1.807, 2.05) is 0 Å². The fourth-order valence-electron chi connectivity index (χ4n) is 4.71. The lowest BCUT2D eigenvalue weighted by Gasteiger charge is -2.09. The highest BCUT2D eigenvalue weighted by Crippen LogP contribution is 2.72. The van der Waals surface area contributed by atoms with E-state index >= 15 is 0 Å². The first-order chi connectivity index (χ1) is 9.08. The lowest BCUT2D eigenvalue weighted by atomic mass is 10.0. The highest BCUT2D eigenvalue weighted by molar-refractivity contribution is 5.88. The van der Waals surface area contributed by atoms with Crippen molar-refractivity contribution in [2.24, 2.45) is 23.7 Å². The van der Waals surface area contributed by atoms with Crippen molar-refractivity contribution in [3.05, 3.63) is 27.4 Å². The van der Waals surface area contributed by atoms with E-state index < -0.39 is 11.5 Å². The standard InChI is InChI=1S/C14H16N2O3/c1-5-8(14(18)19)13(17)16-12(15-5)11-9-6-2-3-7(4-6)10(9)11/h6-7,9-11H,2-4H2,1H3,(H,18,19)(H,15,16,17). The van der Waals surface area contributed by atoms with E-state index in [1.165, 1.54) is 19.3 Å². The number of hydrogen-bond donors (Lipinski definition) is 2. The molecule has 3 aliphatic rings. The topological polar surface area (TPSA) is 83.0 Å². The summed E-state index contributed by atoms with van der Waals surface area (Å²) in [7, 11) is 0. The Hall–Kier alpha value is -1.65. The summed E-state index contributed by atoms with van der Waals surface area (Å²) in [4.78, 5) is 29.9. The van der Waals surface area contributed by atoms with Crippen LogP contribution in [0.5, 0.6) is 0 Å². The molecule has 2 N–H and O–H groups in total. The number of hydrogen-bond acceptors (Lipinski definition) is 3. The molecular formula is C14H16N2O3. The Morgan fingerprint density at radius 3 is 2.47 bits per heavy atom. The van der Waals surface area contributed by atoms with Gasteiger partial charge < -0.3 is 10.1 Å². The monoisotopic (exact) mass is 260 g/mol. The van der Waals surface area contributed by atoms with E-state index in [4.69, 9.17) is 5.11 Å². The Bertz CT molecular complexity index is 620. The van der Waals surface area contributed by atoms with Gasteiger partial charge in [0, 0.05) is 5.92 Å². The van der Waals surface area contributed by atoms with Crippen molar-refractivity contribution < 1.29 is 9.90 Å². The van der Waals surface area contributed by atoms with Crippen LogP contribution in [-0.4, -0.2) is 21.0 Å². The maximum Gasteiger partial charge on any atom is 0.343 e. The molecule has 100 valence electrons. The first kappa shape index (κ1) is 11.2. The summed E-state index contributed by atoms with van der Waals surface area (Å²) in [5.74, 6) is 2.90. The molecule has 0 aliphatic heterocycles. The van der Waals surface area contributed by atoms with Gasteiger partial charge in [0.2, 0.25) is 0 Å². The Kier molecular flexibility index (Phi) is 2.04. The van der Waals surface area contributed by atoms with Crippen LogP contribution in [0.4, 0.5) is 0 Å². The molecule has 4 atom stereocenters. The number of carboxylic acids is 1. The fourth-order valence-corrected chi connectivity index (χ4v) is 4.71. The van der Waals surface area contributed by atoms with Gasteiger partial charge in [-0.2, -0.15) is 0 Å². The van der Waals surface area contributed by atoms with Crippen molar-refractivity contribution in [2.75, 3.05) is 0 Å². The second-order valence-electron chi connectivity index (χ2n) is 6.23. The lowest BCUT2D eigenvalue weighted by Crippen LogP contribution is -2.23. The van der Waals surface area contributed by atoms with Crippen molar-refractivity contribution in [3.63, 3.8) is 0 Å². The molecular weight excluding hydrogens is 244 g/mol. The smallest absolute Gasteiger partial charge is 0.343 e. The number of aromatic nitrogens is 2. The maximum absolute atomic E-state index is 11.9. The zero-order valence-corrected chi connectivity index (χ0v) is 10.7. The third-order valence-electron chi connectivity index (χ3n) is 5.38. The Morgan fingerprint density at radius 2 is 1.95 bits per heavy atom. The number of aromatic amines is 1. The van der Waals surface area contributed by atoms with Crippen LogP contribution < -0.4 is 5.56 Å². The quantitative estimate of drug-likeness (QED) is 0.844. The molecule has 4 rings (SSSR count). The third-order valence-corrected chi connectivity index (χ3v) is 5.38. The van der Waals surface area contributed by atoms with E-state index in [0.717, 1.165) is 17.7 Å². The van der Waals surface area contributed by atoms with Crippen LogP contribution in [-0.2, 0) is 0 Å². The molecule has 0 radical (unpaired) electrons. The summed E-state index contributed by atoms with van der Waals surface area (Å²) in [6.07, 6.45) is 3.99. The number of carbonyl (C=O) groups is 1. The maximum atomic E-state index is 11.9. The fraction of sp³-hybridized carbons (Fsp3) is 0.643. The van der Waals surface area contributed by atoms with Crippen molar-refractivity contribution in [2.45, 2.75) is 32.1 Å². The Balaban J connectivity index is 1.71. The van der Waals surface area contributed by atoms with E-state index in [1.54, 1.807) is 6.92 Å². The second-order valence-corrected chi connectivity index (χ2v) is 6.23. The number of rotatable bonds is 2. The van der Waals surface area contributed by atoms with Crippen LogP contribution in [0.1, 0.15) is 47.1 Å². The molecule has 5 nitrogen and oxygen atoms in total. The van der Waals surface area contributed by atoms with E-state index in [2.05, 4.69) is 9.97 Å². The Labute approximate surface area is 110 Å². The van der Waals surface area contributed by atoms with Gasteiger partial charge in [0.05, 0.1) is 5.69 Å². The number of nitrogens with one attached hydrogen (secondary N) is 1. The first-order valence-corrected chi connectivity index (χ1v) is 6.92. The normalized spacial score (nSPS) is 38.3. The largest absolute Gasteiger partial charge is 0.477 e. The van der Waals surface area contributed by atoms with Crippen LogP contribution >= 0.6 is 0 Å². The molecule has 3 aliphatic carbocycles. The van der Waals surface area contributed by atoms with Crippen LogP contribution in [0, 0.1) is 30.6 Å². The number of aromatic carboxylic acids is 1. The minimum atomic E-state index is -1.20. The minimum Gasteiger partial charge on any atom is -0.477 e. The van der Waals surface area contributed by atoms with Crippen molar-refractivity contribution in [3.8, 4) is 0 Å². The van der Waals surface area contributed by atoms with Crippen LogP contribution in [0.2, 0.25) is 0 Å². The van der Waals surface area contributed by atoms with Gasteiger partial charge in [0.1, 0.15) is 11.4 Å². The summed E-state index contributed by atoms with van der Waals surface area (Å²) < 4.78 is 0. The van der Waals surface area contributed by atoms with Gasteiger partial charge in [-0.3, -0.25) is 4.79 Å². The van der Waals surface area contributed by atoms with Crippen LogP contribution in [0.15, 0.2) is 4.79 Å². The van der Waals surface area contributed by atoms with Crippen molar-refractivity contribution in [1.29, 1.82) is 0 Å². The van der Waals surface area contributed by atoms with E-state index in [9.17, 15) is 9.59 Å². The zero-order chi connectivity index (χ0) is 13.3. The molecule has 0 amide bonds. The van der Waals surface area contributed by atoms with Gasteiger partial charge in [-0.15, -0.1) is 0 Å². The van der Waals surface area contributed by atoms with Crippen molar-refractivity contribution in [1.82, 2.24) is 9.97 Å². The number of aryl methyl sites for hydroxylation is 1. The number of H-pyrrole nitrogens is 1. The summed E-state index contributed by atoms with van der Waals surface area (Å²) in [5, 5.41) is 8.99. The molecule has 5 heteroatoms. The molecule has 0 spiro atoms. The van der Waals surface area contributed by atoms with Gasteiger partial charge in [-0.1, -0.05) is 0 Å². The molecule has 3 fully saturated rings. The molecule has 3 saturated carbocycles. The average Bonchev–Trinajstić information content (AvgIpc) is 2.77. The highest BCUT2D eigenvalue weighted by Gasteiger charge is 2.66. The molecule has 0 aromatic carbocycles. The van der Waals surface area contributed by atoms with Gasteiger partial charge >= 0.3 is 5.97 Å². The molecule has 4 unspecified atom stereocenters. The molecule has 1 heterocycles. The number of fused-ring (bicyclic) bond motifs is 5. The summed E-state index contributed by atoms with van der Waals surface area (Å²) in [6.45, 7) is 1.61. The van der Waals surface area contributed by atoms with Gasteiger partial charge in [0.15, 0.2) is 0 Å². The zero-order valence-electron chi connectivity index (χ0n) is 10.7. The molecule has 2 bridgehead atoms. The van der Waals surface area contributed by atoms with Crippen LogP contribution in [0.25, 0.3) is 0 Å². The Morgan fingerprint density at radius 1 is 1.32 bits per heavy atom. The van der Waals surface area contributed by atoms with Gasteiger partial charge in [0.25, 0.3) is 5.56 Å². The van der Waals surface area contributed by atoms with E-state index in [-0.39, 0.29) is 5.56 Å². The molecule has 0 saturated heterocycles. The predicted octanol–water partition coefficient (Wildman–Crippen LogP) is 1.54. The van der Waals surface area contributed by atoms with Crippen molar-refractivity contribution >= 4 is 5.97 Å². The average molecular weight is 260 g/mol. The highest BCUT2D eigenvalue weighted by atomic mass is 16.4. The number of carboxylic acid groups (broad SMARTS) is 1. The molecule has 19 heavy (non-hydrogen) atoms. The molecule has 1 aromatic heterocycles. The third kappa shape index (κ3) is 1.38. The summed E-state index contributed by atoms with van der Waals surface area (Å²) in [5.41, 5.74) is -0.395. The van der Waals surface area contributed by atoms with Gasteiger partial charge in [-0.25, -0.2) is 9.78 Å². The summed E-state index contributed by atoms with van der Waals surface area (Å²) in [6, 6.07) is 0. The SMILES string of the molecule is Cc1nc(C2C3C4CCC(C4)C23)[nH]c(=O)c1C(=O)O. The summed E-state index contributed by atoms with van der Waals surface area (Å²) >= 11 is 0. The molecule has 1 aromatic rings. The second kappa shape index (κ2) is 3.46. The minimum absolute atomic E-state index is 0.225. The first-order valence-electron chi connectivity index (χ1n) is 6.92. The van der Waals surface area contributed by atoms with Crippen LogP contribution in [0.3, 0.4) is 0 Å². The predicted molar refractivity (Wildman–Crippen MR) is 67.1 cm³/mol. The van der Waals surface area contributed by atoms with E-state index in [0.29, 0.717) is 23.4 Å².